The van der Waals surface area contributed by atoms with Crippen molar-refractivity contribution in [2.24, 2.45) is 0 Å². The van der Waals surface area contributed by atoms with Crippen LogP contribution < -0.4 is 0 Å². The Hall–Kier alpha value is -0.960. The van der Waals surface area contributed by atoms with E-state index >= 15 is 0 Å². The van der Waals surface area contributed by atoms with Gasteiger partial charge in [0.1, 0.15) is 0 Å². The second-order valence-corrected chi connectivity index (χ2v) is 15.2. The summed E-state index contributed by atoms with van der Waals surface area (Å²) in [6, 6.07) is 18.7. The Bertz CT molecular complexity index is 950. The lowest BCUT2D eigenvalue weighted by Crippen LogP contribution is -2.21. The molecular formula is C16H11Br3N2O2S. The summed E-state index contributed by atoms with van der Waals surface area (Å²) in [4.78, 5) is 4.38. The van der Waals surface area contributed by atoms with Gasteiger partial charge >= 0.3 is 0 Å². The van der Waals surface area contributed by atoms with Crippen LogP contribution >= 0.6 is 47.8 Å². The van der Waals surface area contributed by atoms with Crippen molar-refractivity contribution in [3.8, 4) is 16.9 Å². The van der Waals surface area contributed by atoms with E-state index in [2.05, 4.69) is 52.8 Å². The summed E-state index contributed by atoms with van der Waals surface area (Å²) < 4.78 is 25.8. The van der Waals surface area contributed by atoms with Crippen molar-refractivity contribution in [1.29, 1.82) is 0 Å². The molecule has 0 saturated heterocycles. The quantitative estimate of drug-likeness (QED) is 0.439. The van der Waals surface area contributed by atoms with Crippen LogP contribution in [0.15, 0.2) is 72.0 Å². The lowest BCUT2D eigenvalue weighted by Gasteiger charge is -2.14. The van der Waals surface area contributed by atoms with Crippen LogP contribution in [0.1, 0.15) is 0 Å². The molecule has 4 nitrogen and oxygen atoms in total. The molecule has 3 aromatic rings. The Morgan fingerprint density at radius 1 is 0.875 bits per heavy atom. The van der Waals surface area contributed by atoms with Gasteiger partial charge in [0.2, 0.25) is 16.5 Å². The smallest absolute Gasteiger partial charge is 0.248 e. The highest BCUT2D eigenvalue weighted by Gasteiger charge is 2.41. The van der Waals surface area contributed by atoms with E-state index in [4.69, 9.17) is 0 Å². The van der Waals surface area contributed by atoms with E-state index < -0.39 is 11.3 Å². The number of nitrogens with zero attached hydrogens (tertiary/aromatic N) is 2. The highest BCUT2D eigenvalue weighted by atomic mass is 80.0. The molecule has 8 heteroatoms. The molecule has 1 heterocycles. The number of rotatable bonds is 3. The number of para-hydroxylation sites is 1. The van der Waals surface area contributed by atoms with E-state index in [-0.39, 0.29) is 5.16 Å². The molecule has 2 aromatic carbocycles. The molecule has 124 valence electrons. The molecule has 3 rings (SSSR count). The van der Waals surface area contributed by atoms with Crippen LogP contribution in [0.3, 0.4) is 0 Å². The minimum atomic E-state index is -3.84. The Labute approximate surface area is 165 Å². The number of benzene rings is 2. The van der Waals surface area contributed by atoms with Gasteiger partial charge in [0.05, 0.1) is 5.69 Å². The van der Waals surface area contributed by atoms with Crippen molar-refractivity contribution in [3.63, 3.8) is 0 Å². The average molecular weight is 535 g/mol. The van der Waals surface area contributed by atoms with E-state index in [0.717, 1.165) is 5.56 Å². The van der Waals surface area contributed by atoms with Crippen molar-refractivity contribution >= 4 is 57.6 Å². The van der Waals surface area contributed by atoms with Crippen molar-refractivity contribution in [2.45, 2.75) is 6.63 Å². The summed E-state index contributed by atoms with van der Waals surface area (Å²) in [7, 11) is -3.84. The van der Waals surface area contributed by atoms with Gasteiger partial charge in [-0.25, -0.2) is 13.4 Å². The second kappa shape index (κ2) is 6.74. The van der Waals surface area contributed by atoms with E-state index in [1.54, 1.807) is 10.8 Å². The molecule has 0 saturated carbocycles. The Morgan fingerprint density at radius 3 is 1.96 bits per heavy atom. The van der Waals surface area contributed by atoms with Gasteiger partial charge in [-0.3, -0.25) is 4.57 Å². The van der Waals surface area contributed by atoms with Gasteiger partial charge in [-0.2, -0.15) is 0 Å². The van der Waals surface area contributed by atoms with Crippen molar-refractivity contribution < 1.29 is 8.42 Å². The second-order valence-electron chi connectivity index (χ2n) is 4.93. The van der Waals surface area contributed by atoms with Gasteiger partial charge in [-0.15, -0.1) is 0 Å². The van der Waals surface area contributed by atoms with Crippen molar-refractivity contribution in [1.82, 2.24) is 9.55 Å². The standard InChI is InChI=1S/C16H11Br3N2O2S/c17-16(18,19)24(22,23)15-20-14(12-7-3-1-4-8-12)11-21(15)13-9-5-2-6-10-13/h1-11H. The van der Waals surface area contributed by atoms with Crippen LogP contribution in [0.25, 0.3) is 16.9 Å². The molecule has 0 spiro atoms. The lowest BCUT2D eigenvalue weighted by molar-refractivity contribution is 0.587. The average Bonchev–Trinajstić information content (AvgIpc) is 3.01. The SMILES string of the molecule is O=S(=O)(c1nc(-c2ccccc2)cn1-c1ccccc1)C(Br)(Br)Br. The van der Waals surface area contributed by atoms with Crippen molar-refractivity contribution in [3.05, 3.63) is 66.9 Å². The number of imidazole rings is 1. The Morgan fingerprint density at radius 2 is 1.42 bits per heavy atom. The number of sulfone groups is 1. The summed E-state index contributed by atoms with van der Waals surface area (Å²) in [5.74, 6) is 0. The zero-order valence-corrected chi connectivity index (χ0v) is 17.7. The molecule has 24 heavy (non-hydrogen) atoms. The fourth-order valence-electron chi connectivity index (χ4n) is 2.18. The number of hydrogen-bond acceptors (Lipinski definition) is 3. The minimum Gasteiger partial charge on any atom is -0.290 e. The van der Waals surface area contributed by atoms with E-state index in [1.165, 1.54) is 0 Å². The first-order valence-corrected chi connectivity index (χ1v) is 10.7. The molecule has 0 aliphatic rings. The number of halogens is 3. The molecule has 0 atom stereocenters. The first-order valence-electron chi connectivity index (χ1n) is 6.82. The summed E-state index contributed by atoms with van der Waals surface area (Å²) in [5.41, 5.74) is 2.13. The highest BCUT2D eigenvalue weighted by molar-refractivity contribution is 9.42. The predicted molar refractivity (Wildman–Crippen MR) is 106 cm³/mol. The Kier molecular flexibility index (Phi) is 5.01. The zero-order chi connectivity index (χ0) is 17.4. The lowest BCUT2D eigenvalue weighted by atomic mass is 10.2. The highest BCUT2D eigenvalue weighted by Crippen LogP contribution is 2.43. The Balaban J connectivity index is 2.26. The molecule has 0 radical (unpaired) electrons. The van der Waals surface area contributed by atoms with Crippen molar-refractivity contribution in [2.75, 3.05) is 0 Å². The van der Waals surface area contributed by atoms with Crippen LogP contribution in [0, 0.1) is 0 Å². The van der Waals surface area contributed by atoms with Gasteiger partial charge in [0.25, 0.3) is 0 Å². The number of hydrogen-bond donors (Lipinski definition) is 0. The molecule has 0 bridgehead atoms. The first-order chi connectivity index (χ1) is 11.3. The fraction of sp³-hybridized carbons (Fsp3) is 0.0625. The molecule has 1 aromatic heterocycles. The van der Waals surface area contributed by atoms with E-state index in [9.17, 15) is 8.42 Å². The van der Waals surface area contributed by atoms with Crippen LogP contribution in [0.5, 0.6) is 0 Å². The molecule has 0 unspecified atom stereocenters. The monoisotopic (exact) mass is 532 g/mol. The van der Waals surface area contributed by atoms with E-state index in [1.807, 2.05) is 60.7 Å². The first kappa shape index (κ1) is 17.8. The maximum atomic E-state index is 12.9. The summed E-state index contributed by atoms with van der Waals surface area (Å²) >= 11 is 9.30. The van der Waals surface area contributed by atoms with Crippen LogP contribution in [0.4, 0.5) is 0 Å². The van der Waals surface area contributed by atoms with Gasteiger partial charge in [0.15, 0.2) is 0 Å². The van der Waals surface area contributed by atoms with Gasteiger partial charge in [-0.1, -0.05) is 48.5 Å². The third kappa shape index (κ3) is 3.37. The van der Waals surface area contributed by atoms with Gasteiger partial charge in [-0.05, 0) is 59.9 Å². The fourth-order valence-corrected chi connectivity index (χ4v) is 4.32. The molecule has 0 aliphatic heterocycles. The normalized spacial score (nSPS) is 12.3. The van der Waals surface area contributed by atoms with Crippen LogP contribution in [-0.2, 0) is 9.84 Å². The molecule has 0 N–H and O–H groups in total. The predicted octanol–water partition coefficient (Wildman–Crippen LogP) is 5.11. The summed E-state index contributed by atoms with van der Waals surface area (Å²) in [6.45, 7) is 0. The summed E-state index contributed by atoms with van der Waals surface area (Å²) in [6.07, 6.45) is 1.72. The summed E-state index contributed by atoms with van der Waals surface area (Å²) in [5, 5.41) is -0.0711. The van der Waals surface area contributed by atoms with Gasteiger partial charge in [0, 0.05) is 17.4 Å². The molecule has 0 fully saturated rings. The minimum absolute atomic E-state index is 0.0711. The maximum Gasteiger partial charge on any atom is 0.248 e. The van der Waals surface area contributed by atoms with Crippen LogP contribution in [0.2, 0.25) is 0 Å². The zero-order valence-electron chi connectivity index (χ0n) is 12.1. The largest absolute Gasteiger partial charge is 0.290 e. The van der Waals surface area contributed by atoms with E-state index in [0.29, 0.717) is 11.4 Å². The van der Waals surface area contributed by atoms with Gasteiger partial charge < -0.3 is 0 Å². The number of alkyl halides is 3. The number of aromatic nitrogens is 2. The topological polar surface area (TPSA) is 52.0 Å². The third-order valence-electron chi connectivity index (χ3n) is 3.32. The molecular weight excluding hydrogens is 524 g/mol. The van der Waals surface area contributed by atoms with Crippen LogP contribution in [-0.4, -0.2) is 19.4 Å². The third-order valence-corrected chi connectivity index (χ3v) is 8.54. The maximum absolute atomic E-state index is 12.9. The molecule has 0 amide bonds. The molecule has 0 aliphatic carbocycles.